The fourth-order valence-electron chi connectivity index (χ4n) is 1.20. The fourth-order valence-corrected chi connectivity index (χ4v) is 1.20. The lowest BCUT2D eigenvalue weighted by Gasteiger charge is -2.06. The summed E-state index contributed by atoms with van der Waals surface area (Å²) < 4.78 is 5.20. The van der Waals surface area contributed by atoms with E-state index < -0.39 is 0 Å². The highest BCUT2D eigenvalue weighted by molar-refractivity contribution is 5.85. The number of aryl methyl sites for hydroxylation is 1. The van der Waals surface area contributed by atoms with Crippen LogP contribution in [0.4, 0.5) is 0 Å². The molecule has 1 aromatic carbocycles. The highest BCUT2D eigenvalue weighted by Gasteiger charge is 1.99. The van der Waals surface area contributed by atoms with Crippen LogP contribution in [-0.2, 0) is 6.42 Å². The molecule has 3 heteroatoms. The molecule has 0 unspecified atom stereocenters. The zero-order valence-corrected chi connectivity index (χ0v) is 8.64. The summed E-state index contributed by atoms with van der Waals surface area (Å²) in [6, 6.07) is 8.06. The second-order valence-corrected chi connectivity index (χ2v) is 2.70. The van der Waals surface area contributed by atoms with E-state index in [4.69, 9.17) is 10.5 Å². The van der Waals surface area contributed by atoms with Gasteiger partial charge in [-0.2, -0.15) is 0 Å². The Balaban J connectivity index is 0.00000144. The standard InChI is InChI=1S/C10H15NO.ClH/c1-12-10-7-3-2-5-9(10)6-4-8-11;/h2-3,5,7H,4,6,8,11H2,1H3;1H. The first-order valence-electron chi connectivity index (χ1n) is 4.20. The summed E-state index contributed by atoms with van der Waals surface area (Å²) in [5.41, 5.74) is 6.67. The van der Waals surface area contributed by atoms with E-state index in [1.54, 1.807) is 7.11 Å². The summed E-state index contributed by atoms with van der Waals surface area (Å²) in [6.45, 7) is 0.734. The number of rotatable bonds is 4. The normalized spacial score (nSPS) is 9.08. The highest BCUT2D eigenvalue weighted by atomic mass is 35.5. The first kappa shape index (κ1) is 12.3. The van der Waals surface area contributed by atoms with Crippen molar-refractivity contribution in [3.63, 3.8) is 0 Å². The van der Waals surface area contributed by atoms with Crippen molar-refractivity contribution in [1.82, 2.24) is 0 Å². The van der Waals surface area contributed by atoms with Crippen LogP contribution in [-0.4, -0.2) is 13.7 Å². The van der Waals surface area contributed by atoms with Crippen LogP contribution >= 0.6 is 12.4 Å². The van der Waals surface area contributed by atoms with E-state index >= 15 is 0 Å². The van der Waals surface area contributed by atoms with Crippen molar-refractivity contribution in [3.8, 4) is 5.75 Å². The van der Waals surface area contributed by atoms with Gasteiger partial charge in [0, 0.05) is 0 Å². The molecule has 0 aromatic heterocycles. The summed E-state index contributed by atoms with van der Waals surface area (Å²) in [4.78, 5) is 0. The monoisotopic (exact) mass is 201 g/mol. The van der Waals surface area contributed by atoms with Crippen molar-refractivity contribution in [2.45, 2.75) is 12.8 Å². The van der Waals surface area contributed by atoms with Gasteiger partial charge in [-0.25, -0.2) is 0 Å². The van der Waals surface area contributed by atoms with Gasteiger partial charge in [-0.1, -0.05) is 18.2 Å². The molecule has 1 aromatic rings. The van der Waals surface area contributed by atoms with Crippen LogP contribution in [0.5, 0.6) is 5.75 Å². The molecule has 0 aliphatic heterocycles. The van der Waals surface area contributed by atoms with Gasteiger partial charge in [-0.05, 0) is 31.0 Å². The molecule has 0 radical (unpaired) electrons. The number of nitrogens with two attached hydrogens (primary N) is 1. The summed E-state index contributed by atoms with van der Waals surface area (Å²) in [5.74, 6) is 0.964. The summed E-state index contributed by atoms with van der Waals surface area (Å²) >= 11 is 0. The van der Waals surface area contributed by atoms with Crippen molar-refractivity contribution < 1.29 is 4.74 Å². The molecule has 0 saturated carbocycles. The minimum atomic E-state index is 0. The van der Waals surface area contributed by atoms with Crippen LogP contribution in [0.3, 0.4) is 0 Å². The number of halogens is 1. The van der Waals surface area contributed by atoms with Gasteiger partial charge >= 0.3 is 0 Å². The van der Waals surface area contributed by atoms with Crippen LogP contribution in [0.1, 0.15) is 12.0 Å². The number of hydrogen-bond donors (Lipinski definition) is 1. The van der Waals surface area contributed by atoms with Crippen LogP contribution in [0.15, 0.2) is 24.3 Å². The Morgan fingerprint density at radius 1 is 1.31 bits per heavy atom. The fraction of sp³-hybridized carbons (Fsp3) is 0.400. The smallest absolute Gasteiger partial charge is 0.122 e. The average Bonchev–Trinajstić information content (AvgIpc) is 2.15. The molecule has 0 atom stereocenters. The molecule has 1 rings (SSSR count). The lowest BCUT2D eigenvalue weighted by Crippen LogP contribution is -2.01. The van der Waals surface area contributed by atoms with E-state index in [1.165, 1.54) is 5.56 Å². The minimum absolute atomic E-state index is 0. The Morgan fingerprint density at radius 3 is 2.62 bits per heavy atom. The molecule has 74 valence electrons. The van der Waals surface area contributed by atoms with E-state index in [0.717, 1.165) is 25.1 Å². The largest absolute Gasteiger partial charge is 0.496 e. The average molecular weight is 202 g/mol. The molecule has 13 heavy (non-hydrogen) atoms. The Bertz CT molecular complexity index is 240. The molecule has 0 bridgehead atoms. The zero-order valence-electron chi connectivity index (χ0n) is 7.82. The lowest BCUT2D eigenvalue weighted by molar-refractivity contribution is 0.409. The quantitative estimate of drug-likeness (QED) is 0.809. The minimum Gasteiger partial charge on any atom is -0.496 e. The van der Waals surface area contributed by atoms with Gasteiger partial charge in [0.1, 0.15) is 5.75 Å². The topological polar surface area (TPSA) is 35.2 Å². The van der Waals surface area contributed by atoms with Crippen LogP contribution in [0.2, 0.25) is 0 Å². The first-order chi connectivity index (χ1) is 5.88. The molecule has 0 fully saturated rings. The van der Waals surface area contributed by atoms with Gasteiger partial charge in [0.15, 0.2) is 0 Å². The number of benzene rings is 1. The van der Waals surface area contributed by atoms with Crippen LogP contribution in [0, 0.1) is 0 Å². The maximum atomic E-state index is 5.43. The molecule has 2 nitrogen and oxygen atoms in total. The Morgan fingerprint density at radius 2 is 2.00 bits per heavy atom. The number of methoxy groups -OCH3 is 1. The third kappa shape index (κ3) is 3.66. The van der Waals surface area contributed by atoms with Gasteiger partial charge in [0.05, 0.1) is 7.11 Å². The summed E-state index contributed by atoms with van der Waals surface area (Å²) in [5, 5.41) is 0. The Kier molecular flexibility index (Phi) is 6.37. The van der Waals surface area contributed by atoms with E-state index in [-0.39, 0.29) is 12.4 Å². The molecule has 0 aliphatic carbocycles. The van der Waals surface area contributed by atoms with E-state index in [9.17, 15) is 0 Å². The van der Waals surface area contributed by atoms with E-state index in [2.05, 4.69) is 6.07 Å². The molecule has 0 heterocycles. The predicted octanol–water partition coefficient (Wildman–Crippen LogP) is 2.01. The first-order valence-corrected chi connectivity index (χ1v) is 4.20. The van der Waals surface area contributed by atoms with E-state index in [0.29, 0.717) is 0 Å². The number of ether oxygens (including phenoxy) is 1. The second-order valence-electron chi connectivity index (χ2n) is 2.70. The Labute approximate surface area is 85.5 Å². The van der Waals surface area contributed by atoms with Crippen molar-refractivity contribution in [3.05, 3.63) is 29.8 Å². The van der Waals surface area contributed by atoms with Crippen LogP contribution in [0.25, 0.3) is 0 Å². The van der Waals surface area contributed by atoms with Gasteiger partial charge in [-0.3, -0.25) is 0 Å². The SMILES string of the molecule is COc1ccccc1CCCN.Cl. The maximum Gasteiger partial charge on any atom is 0.122 e. The molecule has 0 spiro atoms. The van der Waals surface area contributed by atoms with Gasteiger partial charge in [-0.15, -0.1) is 12.4 Å². The third-order valence-corrected chi connectivity index (χ3v) is 1.84. The van der Waals surface area contributed by atoms with Crippen LogP contribution < -0.4 is 10.5 Å². The van der Waals surface area contributed by atoms with Gasteiger partial charge in [0.25, 0.3) is 0 Å². The zero-order chi connectivity index (χ0) is 8.81. The number of para-hydroxylation sites is 1. The molecule has 0 amide bonds. The number of hydrogen-bond acceptors (Lipinski definition) is 2. The highest BCUT2D eigenvalue weighted by Crippen LogP contribution is 2.18. The lowest BCUT2D eigenvalue weighted by atomic mass is 10.1. The molecule has 0 aliphatic rings. The van der Waals surface area contributed by atoms with E-state index in [1.807, 2.05) is 18.2 Å². The second kappa shape index (κ2) is 6.75. The van der Waals surface area contributed by atoms with Gasteiger partial charge in [0.2, 0.25) is 0 Å². The third-order valence-electron chi connectivity index (χ3n) is 1.84. The Hall–Kier alpha value is -0.730. The summed E-state index contributed by atoms with van der Waals surface area (Å²) in [6.07, 6.45) is 2.01. The molecule has 0 saturated heterocycles. The van der Waals surface area contributed by atoms with Gasteiger partial charge < -0.3 is 10.5 Å². The molecular formula is C10H16ClNO. The van der Waals surface area contributed by atoms with Crippen molar-refractivity contribution in [2.75, 3.05) is 13.7 Å². The summed E-state index contributed by atoms with van der Waals surface area (Å²) in [7, 11) is 1.70. The predicted molar refractivity (Wildman–Crippen MR) is 57.6 cm³/mol. The van der Waals surface area contributed by atoms with Crippen molar-refractivity contribution in [1.29, 1.82) is 0 Å². The molecular weight excluding hydrogens is 186 g/mol. The molecule has 2 N–H and O–H groups in total. The van der Waals surface area contributed by atoms with Crippen molar-refractivity contribution >= 4 is 12.4 Å². The van der Waals surface area contributed by atoms with Crippen molar-refractivity contribution in [2.24, 2.45) is 5.73 Å². The maximum absolute atomic E-state index is 5.43.